The Hall–Kier alpha value is -1.42. The molecule has 0 amide bonds. The molecule has 1 aromatic carbocycles. The van der Waals surface area contributed by atoms with Crippen LogP contribution >= 0.6 is 0 Å². The number of benzene rings is 1. The van der Waals surface area contributed by atoms with E-state index in [1.165, 1.54) is 13.2 Å². The number of methoxy groups -OCH3 is 1. The van der Waals surface area contributed by atoms with Gasteiger partial charge in [0.2, 0.25) is 5.75 Å². The van der Waals surface area contributed by atoms with E-state index in [1.807, 2.05) is 0 Å². The van der Waals surface area contributed by atoms with Crippen LogP contribution in [-0.4, -0.2) is 25.4 Å². The molecule has 1 rings (SSSR count). The molecule has 3 N–H and O–H groups in total. The van der Waals surface area contributed by atoms with Crippen LogP contribution in [0.2, 0.25) is 0 Å². The molecule has 0 fully saturated rings. The summed E-state index contributed by atoms with van der Waals surface area (Å²) >= 11 is 0. The van der Waals surface area contributed by atoms with Crippen LogP contribution in [-0.2, 0) is 0 Å². The fraction of sp³-hybridized carbons (Fsp3) is 0.333. The predicted molar refractivity (Wildman–Crippen MR) is 49.2 cm³/mol. The molecule has 13 heavy (non-hydrogen) atoms. The fourth-order valence-corrected chi connectivity index (χ4v) is 0.971. The molecular formula is C9H13NO3. The Morgan fingerprint density at radius 1 is 1.46 bits per heavy atom. The number of phenolic OH excluding ortho intramolecular Hbond substituents is 1. The summed E-state index contributed by atoms with van der Waals surface area (Å²) in [5, 5.41) is 9.40. The van der Waals surface area contributed by atoms with Crippen LogP contribution < -0.4 is 15.2 Å². The Morgan fingerprint density at radius 3 is 2.85 bits per heavy atom. The lowest BCUT2D eigenvalue weighted by Crippen LogP contribution is -2.11. The summed E-state index contributed by atoms with van der Waals surface area (Å²) in [5.41, 5.74) is 5.27. The summed E-state index contributed by atoms with van der Waals surface area (Å²) in [4.78, 5) is 0. The van der Waals surface area contributed by atoms with Crippen molar-refractivity contribution in [3.05, 3.63) is 18.2 Å². The van der Waals surface area contributed by atoms with Gasteiger partial charge in [0, 0.05) is 6.54 Å². The molecule has 72 valence electrons. The smallest absolute Gasteiger partial charge is 0.203 e. The normalized spacial score (nSPS) is 9.69. The molecule has 0 bridgehead atoms. The zero-order valence-corrected chi connectivity index (χ0v) is 7.49. The standard InChI is InChI=1S/C9H13NO3/c1-12-8-4-2-3-7(11)9(8)13-6-5-10/h2-4,11H,5-6,10H2,1H3. The quantitative estimate of drug-likeness (QED) is 0.722. The van der Waals surface area contributed by atoms with Crippen LogP contribution in [0.25, 0.3) is 0 Å². The van der Waals surface area contributed by atoms with Crippen LogP contribution in [0.3, 0.4) is 0 Å². The second-order valence-electron chi connectivity index (χ2n) is 2.45. The van der Waals surface area contributed by atoms with Crippen molar-refractivity contribution in [1.82, 2.24) is 0 Å². The minimum absolute atomic E-state index is 0.0628. The maximum atomic E-state index is 9.40. The molecule has 4 heteroatoms. The Bertz CT molecular complexity index is 276. The van der Waals surface area contributed by atoms with E-state index >= 15 is 0 Å². The van der Waals surface area contributed by atoms with E-state index in [-0.39, 0.29) is 5.75 Å². The zero-order chi connectivity index (χ0) is 9.68. The van der Waals surface area contributed by atoms with Crippen molar-refractivity contribution in [3.63, 3.8) is 0 Å². The van der Waals surface area contributed by atoms with Crippen molar-refractivity contribution >= 4 is 0 Å². The highest BCUT2D eigenvalue weighted by Gasteiger charge is 2.08. The molecule has 0 radical (unpaired) electrons. The largest absolute Gasteiger partial charge is 0.504 e. The first kappa shape index (κ1) is 9.67. The molecule has 1 aromatic rings. The highest BCUT2D eigenvalue weighted by molar-refractivity contribution is 5.50. The molecule has 0 atom stereocenters. The van der Waals surface area contributed by atoms with Crippen molar-refractivity contribution in [2.45, 2.75) is 0 Å². The van der Waals surface area contributed by atoms with Gasteiger partial charge >= 0.3 is 0 Å². The van der Waals surface area contributed by atoms with Gasteiger partial charge in [0.05, 0.1) is 7.11 Å². The molecule has 0 aliphatic heterocycles. The van der Waals surface area contributed by atoms with Crippen molar-refractivity contribution in [2.75, 3.05) is 20.3 Å². The number of nitrogens with two attached hydrogens (primary N) is 1. The Labute approximate surface area is 76.9 Å². The average Bonchev–Trinajstić information content (AvgIpc) is 2.15. The van der Waals surface area contributed by atoms with Crippen LogP contribution in [0.5, 0.6) is 17.2 Å². The summed E-state index contributed by atoms with van der Waals surface area (Å²) in [6, 6.07) is 4.93. The van der Waals surface area contributed by atoms with Gasteiger partial charge in [0.1, 0.15) is 6.61 Å². The van der Waals surface area contributed by atoms with Gasteiger partial charge in [-0.15, -0.1) is 0 Å². The average molecular weight is 183 g/mol. The van der Waals surface area contributed by atoms with Crippen molar-refractivity contribution in [3.8, 4) is 17.2 Å². The Balaban J connectivity index is 2.87. The van der Waals surface area contributed by atoms with Crippen molar-refractivity contribution < 1.29 is 14.6 Å². The molecule has 0 aliphatic carbocycles. The van der Waals surface area contributed by atoms with Crippen LogP contribution in [0.1, 0.15) is 0 Å². The number of hydrogen-bond acceptors (Lipinski definition) is 4. The van der Waals surface area contributed by atoms with Gasteiger partial charge in [-0.1, -0.05) is 6.07 Å². The summed E-state index contributed by atoms with van der Waals surface area (Å²) in [6.07, 6.45) is 0. The van der Waals surface area contributed by atoms with E-state index in [9.17, 15) is 5.11 Å². The second-order valence-corrected chi connectivity index (χ2v) is 2.45. The van der Waals surface area contributed by atoms with Gasteiger partial charge in [-0.2, -0.15) is 0 Å². The van der Waals surface area contributed by atoms with Crippen molar-refractivity contribution in [1.29, 1.82) is 0 Å². The first-order chi connectivity index (χ1) is 6.29. The summed E-state index contributed by atoms with van der Waals surface area (Å²) in [6.45, 7) is 0.755. The lowest BCUT2D eigenvalue weighted by atomic mass is 10.3. The zero-order valence-electron chi connectivity index (χ0n) is 7.49. The van der Waals surface area contributed by atoms with Crippen LogP contribution in [0, 0.1) is 0 Å². The fourth-order valence-electron chi connectivity index (χ4n) is 0.971. The molecular weight excluding hydrogens is 170 g/mol. The predicted octanol–water partition coefficient (Wildman–Crippen LogP) is 0.738. The van der Waals surface area contributed by atoms with E-state index in [0.717, 1.165) is 0 Å². The van der Waals surface area contributed by atoms with E-state index in [2.05, 4.69) is 0 Å². The number of para-hydroxylation sites is 1. The van der Waals surface area contributed by atoms with Crippen LogP contribution in [0.15, 0.2) is 18.2 Å². The third kappa shape index (κ3) is 2.26. The number of aromatic hydroxyl groups is 1. The van der Waals surface area contributed by atoms with Gasteiger partial charge in [0.25, 0.3) is 0 Å². The number of rotatable bonds is 4. The minimum atomic E-state index is 0.0628. The van der Waals surface area contributed by atoms with Crippen molar-refractivity contribution in [2.24, 2.45) is 5.73 Å². The third-order valence-electron chi connectivity index (χ3n) is 1.54. The van der Waals surface area contributed by atoms with E-state index in [1.54, 1.807) is 12.1 Å². The number of hydrogen-bond donors (Lipinski definition) is 2. The highest BCUT2D eigenvalue weighted by atomic mass is 16.5. The molecule has 0 spiro atoms. The van der Waals surface area contributed by atoms with Gasteiger partial charge in [-0.3, -0.25) is 0 Å². The second kappa shape index (κ2) is 4.57. The van der Waals surface area contributed by atoms with Crippen LogP contribution in [0.4, 0.5) is 0 Å². The number of phenols is 1. The van der Waals surface area contributed by atoms with Gasteiger partial charge < -0.3 is 20.3 Å². The maximum absolute atomic E-state index is 9.40. The summed E-state index contributed by atoms with van der Waals surface area (Å²) in [7, 11) is 1.52. The SMILES string of the molecule is COc1cccc(O)c1OCCN. The monoisotopic (exact) mass is 183 g/mol. The summed E-state index contributed by atoms with van der Waals surface area (Å²) in [5.74, 6) is 0.914. The van der Waals surface area contributed by atoms with E-state index in [4.69, 9.17) is 15.2 Å². The Kier molecular flexibility index (Phi) is 3.40. The van der Waals surface area contributed by atoms with Gasteiger partial charge in [-0.25, -0.2) is 0 Å². The molecule has 0 saturated carbocycles. The molecule has 0 aromatic heterocycles. The van der Waals surface area contributed by atoms with E-state index in [0.29, 0.717) is 24.7 Å². The van der Waals surface area contributed by atoms with Gasteiger partial charge in [-0.05, 0) is 12.1 Å². The molecule has 0 saturated heterocycles. The highest BCUT2D eigenvalue weighted by Crippen LogP contribution is 2.35. The lowest BCUT2D eigenvalue weighted by molar-refractivity contribution is 0.286. The topological polar surface area (TPSA) is 64.7 Å². The van der Waals surface area contributed by atoms with E-state index < -0.39 is 0 Å². The minimum Gasteiger partial charge on any atom is -0.504 e. The summed E-state index contributed by atoms with van der Waals surface area (Å²) < 4.78 is 10.2. The number of ether oxygens (including phenoxy) is 2. The third-order valence-corrected chi connectivity index (χ3v) is 1.54. The molecule has 0 heterocycles. The first-order valence-corrected chi connectivity index (χ1v) is 3.98. The molecule has 0 unspecified atom stereocenters. The molecule has 0 aliphatic rings. The lowest BCUT2D eigenvalue weighted by Gasteiger charge is -2.10. The maximum Gasteiger partial charge on any atom is 0.203 e. The first-order valence-electron chi connectivity index (χ1n) is 3.98. The Morgan fingerprint density at radius 2 is 2.23 bits per heavy atom. The van der Waals surface area contributed by atoms with Gasteiger partial charge in [0.15, 0.2) is 11.5 Å². The molecule has 4 nitrogen and oxygen atoms in total.